The number of aryl methyl sites for hydroxylation is 2. The first-order valence-corrected chi connectivity index (χ1v) is 9.03. The topological polar surface area (TPSA) is 59.5 Å². The number of hydrogen-bond acceptors (Lipinski definition) is 4. The van der Waals surface area contributed by atoms with Crippen LogP contribution in [-0.2, 0) is 10.0 Å². The smallest absolute Gasteiger partial charge is 0.243 e. The molecule has 0 radical (unpaired) electrons. The predicted molar refractivity (Wildman–Crippen MR) is 89.4 cm³/mol. The molecule has 0 atom stereocenters. The van der Waals surface area contributed by atoms with Gasteiger partial charge in [-0.15, -0.1) is 0 Å². The number of halogens is 1. The number of sulfonamides is 1. The predicted octanol–water partition coefficient (Wildman–Crippen LogP) is 2.72. The van der Waals surface area contributed by atoms with Crippen LogP contribution in [0.4, 0.5) is 4.39 Å². The van der Waals surface area contributed by atoms with E-state index in [4.69, 9.17) is 4.74 Å². The van der Waals surface area contributed by atoms with Crippen LogP contribution >= 0.6 is 0 Å². The lowest BCUT2D eigenvalue weighted by Crippen LogP contribution is -2.51. The zero-order valence-electron chi connectivity index (χ0n) is 13.8. The number of pyridine rings is 1. The number of rotatable bonds is 4. The van der Waals surface area contributed by atoms with Crippen LogP contribution in [0.2, 0.25) is 0 Å². The summed E-state index contributed by atoms with van der Waals surface area (Å²) in [6.45, 7) is 3.57. The molecule has 0 spiro atoms. The van der Waals surface area contributed by atoms with E-state index in [2.05, 4.69) is 4.98 Å². The molecular formula is C17H19FN2O3S. The SMILES string of the molecule is COc1ncccc1-c1cc(C)c(C)cc1S(=O)(=O)N1CC(F)C1. The second kappa shape index (κ2) is 6.14. The van der Waals surface area contributed by atoms with Crippen molar-refractivity contribution >= 4 is 10.0 Å². The van der Waals surface area contributed by atoms with Gasteiger partial charge in [-0.25, -0.2) is 17.8 Å². The van der Waals surface area contributed by atoms with Crippen molar-refractivity contribution in [1.82, 2.24) is 9.29 Å². The molecule has 3 rings (SSSR count). The van der Waals surface area contributed by atoms with Crippen molar-refractivity contribution in [1.29, 1.82) is 0 Å². The van der Waals surface area contributed by atoms with Gasteiger partial charge in [-0.2, -0.15) is 4.31 Å². The fraction of sp³-hybridized carbons (Fsp3) is 0.353. The first-order valence-electron chi connectivity index (χ1n) is 7.59. The highest BCUT2D eigenvalue weighted by Crippen LogP contribution is 2.37. The lowest BCUT2D eigenvalue weighted by Gasteiger charge is -2.33. The van der Waals surface area contributed by atoms with Gasteiger partial charge in [-0.05, 0) is 49.2 Å². The van der Waals surface area contributed by atoms with E-state index >= 15 is 0 Å². The van der Waals surface area contributed by atoms with Gasteiger partial charge in [0.15, 0.2) is 0 Å². The first kappa shape index (κ1) is 16.9. The van der Waals surface area contributed by atoms with E-state index in [0.29, 0.717) is 17.0 Å². The maximum atomic E-state index is 13.2. The molecule has 2 heterocycles. The largest absolute Gasteiger partial charge is 0.481 e. The molecule has 1 saturated heterocycles. The van der Waals surface area contributed by atoms with Crippen molar-refractivity contribution < 1.29 is 17.5 Å². The lowest BCUT2D eigenvalue weighted by atomic mass is 10.0. The number of alkyl halides is 1. The van der Waals surface area contributed by atoms with Gasteiger partial charge in [0.25, 0.3) is 0 Å². The monoisotopic (exact) mass is 350 g/mol. The number of hydrogen-bond donors (Lipinski definition) is 0. The van der Waals surface area contributed by atoms with Crippen LogP contribution < -0.4 is 4.74 Å². The Morgan fingerprint density at radius 3 is 2.50 bits per heavy atom. The molecule has 128 valence electrons. The Balaban J connectivity index is 2.21. The minimum atomic E-state index is -3.77. The van der Waals surface area contributed by atoms with Gasteiger partial charge in [0.05, 0.1) is 12.0 Å². The molecule has 7 heteroatoms. The third-order valence-corrected chi connectivity index (χ3v) is 6.14. The molecule has 1 fully saturated rings. The third-order valence-electron chi connectivity index (χ3n) is 4.27. The summed E-state index contributed by atoms with van der Waals surface area (Å²) >= 11 is 0. The lowest BCUT2D eigenvalue weighted by molar-refractivity contribution is 0.141. The van der Waals surface area contributed by atoms with Crippen molar-refractivity contribution in [3.8, 4) is 17.0 Å². The van der Waals surface area contributed by atoms with Crippen LogP contribution in [-0.4, -0.2) is 44.1 Å². The Morgan fingerprint density at radius 1 is 1.21 bits per heavy atom. The summed E-state index contributed by atoms with van der Waals surface area (Å²) in [5.74, 6) is 0.351. The second-order valence-corrected chi connectivity index (χ2v) is 7.82. The van der Waals surface area contributed by atoms with Crippen LogP contribution in [0.15, 0.2) is 35.4 Å². The van der Waals surface area contributed by atoms with Gasteiger partial charge in [0, 0.05) is 30.4 Å². The van der Waals surface area contributed by atoms with Crippen molar-refractivity contribution in [3.05, 3.63) is 41.6 Å². The Bertz CT molecular complexity index is 877. The van der Waals surface area contributed by atoms with Gasteiger partial charge < -0.3 is 4.74 Å². The summed E-state index contributed by atoms with van der Waals surface area (Å²) in [5, 5.41) is 0. The van der Waals surface area contributed by atoms with Crippen LogP contribution in [0.25, 0.3) is 11.1 Å². The Kier molecular flexibility index (Phi) is 4.31. The molecule has 5 nitrogen and oxygen atoms in total. The van der Waals surface area contributed by atoms with Crippen LogP contribution in [0.5, 0.6) is 5.88 Å². The minimum absolute atomic E-state index is 0.0983. The molecule has 2 aromatic rings. The number of benzene rings is 1. The van der Waals surface area contributed by atoms with Gasteiger partial charge in [-0.3, -0.25) is 0 Å². The van der Waals surface area contributed by atoms with Crippen molar-refractivity contribution in [2.75, 3.05) is 20.2 Å². The van der Waals surface area contributed by atoms with Gasteiger partial charge in [-0.1, -0.05) is 0 Å². The molecule has 0 aliphatic carbocycles. The highest BCUT2D eigenvalue weighted by atomic mass is 32.2. The van der Waals surface area contributed by atoms with Crippen molar-refractivity contribution in [2.24, 2.45) is 0 Å². The number of aromatic nitrogens is 1. The maximum Gasteiger partial charge on any atom is 0.243 e. The van der Waals surface area contributed by atoms with E-state index in [0.717, 1.165) is 15.4 Å². The second-order valence-electron chi connectivity index (χ2n) is 5.91. The van der Waals surface area contributed by atoms with E-state index < -0.39 is 16.2 Å². The Morgan fingerprint density at radius 2 is 1.88 bits per heavy atom. The van der Waals surface area contributed by atoms with Gasteiger partial charge >= 0.3 is 0 Å². The summed E-state index contributed by atoms with van der Waals surface area (Å²) in [7, 11) is -2.28. The molecule has 0 unspecified atom stereocenters. The summed E-state index contributed by atoms with van der Waals surface area (Å²) < 4.78 is 45.4. The molecule has 1 aromatic carbocycles. The quantitative estimate of drug-likeness (QED) is 0.851. The number of methoxy groups -OCH3 is 1. The third kappa shape index (κ3) is 2.78. The van der Waals surface area contributed by atoms with Gasteiger partial charge in [0.1, 0.15) is 6.17 Å². The zero-order chi connectivity index (χ0) is 17.5. The van der Waals surface area contributed by atoms with Crippen LogP contribution in [0.3, 0.4) is 0 Å². The molecule has 0 saturated carbocycles. The Hall–Kier alpha value is -1.99. The van der Waals surface area contributed by atoms with Gasteiger partial charge in [0.2, 0.25) is 15.9 Å². The highest BCUT2D eigenvalue weighted by Gasteiger charge is 2.38. The van der Waals surface area contributed by atoms with E-state index in [9.17, 15) is 12.8 Å². The maximum absolute atomic E-state index is 13.2. The molecule has 1 aliphatic rings. The standard InChI is InChI=1S/C17H19FN2O3S/c1-11-7-15(14-5-4-6-19-17(14)23-3)16(8-12(11)2)24(21,22)20-9-13(18)10-20/h4-8,13H,9-10H2,1-3H3. The van der Waals surface area contributed by atoms with Crippen LogP contribution in [0.1, 0.15) is 11.1 Å². The summed E-state index contributed by atoms with van der Waals surface area (Å²) in [6, 6.07) is 6.94. The van der Waals surface area contributed by atoms with E-state index in [-0.39, 0.29) is 18.0 Å². The summed E-state index contributed by atoms with van der Waals surface area (Å²) in [4.78, 5) is 4.31. The van der Waals surface area contributed by atoms with E-state index in [1.807, 2.05) is 19.9 Å². The molecule has 24 heavy (non-hydrogen) atoms. The fourth-order valence-electron chi connectivity index (χ4n) is 2.70. The fourth-order valence-corrected chi connectivity index (χ4v) is 4.46. The first-order chi connectivity index (χ1) is 11.3. The number of ether oxygens (including phenoxy) is 1. The molecule has 1 aromatic heterocycles. The summed E-state index contributed by atoms with van der Waals surface area (Å²) in [5.41, 5.74) is 2.93. The average Bonchev–Trinajstić information content (AvgIpc) is 2.53. The minimum Gasteiger partial charge on any atom is -0.481 e. The molecule has 0 N–H and O–H groups in total. The molecular weight excluding hydrogens is 331 g/mol. The van der Waals surface area contributed by atoms with E-state index in [1.165, 1.54) is 7.11 Å². The van der Waals surface area contributed by atoms with Crippen molar-refractivity contribution in [3.63, 3.8) is 0 Å². The van der Waals surface area contributed by atoms with E-state index in [1.54, 1.807) is 24.4 Å². The molecule has 1 aliphatic heterocycles. The van der Waals surface area contributed by atoms with Crippen molar-refractivity contribution in [2.45, 2.75) is 24.9 Å². The van der Waals surface area contributed by atoms with Crippen LogP contribution in [0, 0.1) is 13.8 Å². The molecule has 0 amide bonds. The summed E-state index contributed by atoms with van der Waals surface area (Å²) in [6.07, 6.45) is 0.489. The average molecular weight is 350 g/mol. The Labute approximate surface area is 141 Å². The normalized spacial score (nSPS) is 16.0. The number of nitrogens with zero attached hydrogens (tertiary/aromatic N) is 2. The highest BCUT2D eigenvalue weighted by molar-refractivity contribution is 7.89. The zero-order valence-corrected chi connectivity index (χ0v) is 14.6. The molecule has 0 bridgehead atoms.